The molecule has 0 bridgehead atoms. The fourth-order valence-corrected chi connectivity index (χ4v) is 6.28. The smallest absolute Gasteiger partial charge is 0.323 e. The molecule has 2 aliphatic heterocycles. The molecule has 0 unspecified atom stereocenters. The topological polar surface area (TPSA) is 81.8 Å². The number of amides is 2. The molecule has 190 valence electrons. The van der Waals surface area contributed by atoms with E-state index in [1.807, 2.05) is 38.1 Å². The van der Waals surface area contributed by atoms with Crippen LogP contribution in [-0.2, 0) is 10.0 Å². The first kappa shape index (κ1) is 25.5. The molecule has 2 aliphatic rings. The zero-order valence-corrected chi connectivity index (χ0v) is 22.1. The number of nitrogens with one attached hydrogen (secondary N) is 2. The lowest BCUT2D eigenvalue weighted by molar-refractivity contribution is 0.262. The van der Waals surface area contributed by atoms with Gasteiger partial charge in [-0.2, -0.15) is 4.31 Å². The van der Waals surface area contributed by atoms with Crippen LogP contribution in [0.4, 0.5) is 21.9 Å². The monoisotopic (exact) mass is 498 g/mol. The molecule has 2 fully saturated rings. The Bertz CT molecular complexity index is 1160. The second-order valence-electron chi connectivity index (χ2n) is 10.3. The number of anilines is 3. The van der Waals surface area contributed by atoms with Gasteiger partial charge in [0.2, 0.25) is 10.0 Å². The normalized spacial score (nSPS) is 18.5. The number of carbonyl (C=O) groups excluding carboxylic acids is 1. The zero-order valence-electron chi connectivity index (χ0n) is 21.3. The first-order chi connectivity index (χ1) is 16.6. The van der Waals surface area contributed by atoms with Crippen molar-refractivity contribution >= 4 is 33.1 Å². The van der Waals surface area contributed by atoms with Crippen molar-refractivity contribution in [3.05, 3.63) is 47.5 Å². The Hall–Kier alpha value is -2.58. The van der Waals surface area contributed by atoms with E-state index < -0.39 is 10.0 Å². The highest BCUT2D eigenvalue weighted by Crippen LogP contribution is 2.34. The van der Waals surface area contributed by atoms with Crippen LogP contribution in [0.25, 0.3) is 0 Å². The van der Waals surface area contributed by atoms with Crippen LogP contribution in [0.2, 0.25) is 0 Å². The molecule has 0 saturated carbocycles. The van der Waals surface area contributed by atoms with E-state index in [-0.39, 0.29) is 10.9 Å². The summed E-state index contributed by atoms with van der Waals surface area (Å²) >= 11 is 0. The molecule has 35 heavy (non-hydrogen) atoms. The first-order valence-corrected chi connectivity index (χ1v) is 14.1. The van der Waals surface area contributed by atoms with E-state index >= 15 is 0 Å². The maximum absolute atomic E-state index is 13.4. The van der Waals surface area contributed by atoms with Gasteiger partial charge in [-0.25, -0.2) is 13.2 Å². The highest BCUT2D eigenvalue weighted by molar-refractivity contribution is 7.89. The van der Waals surface area contributed by atoms with E-state index in [4.69, 9.17) is 0 Å². The van der Waals surface area contributed by atoms with E-state index in [0.29, 0.717) is 36.3 Å². The molecule has 0 spiro atoms. The number of piperidine rings is 2. The summed E-state index contributed by atoms with van der Waals surface area (Å²) in [6.07, 6.45) is 3.88. The van der Waals surface area contributed by atoms with E-state index in [1.165, 1.54) is 0 Å². The lowest BCUT2D eigenvalue weighted by Crippen LogP contribution is -2.38. The molecule has 8 heteroatoms. The van der Waals surface area contributed by atoms with Gasteiger partial charge < -0.3 is 15.5 Å². The van der Waals surface area contributed by atoms with Crippen LogP contribution in [0, 0.1) is 25.7 Å². The molecule has 0 aromatic heterocycles. The van der Waals surface area contributed by atoms with Gasteiger partial charge in [-0.05, 0) is 92.8 Å². The third kappa shape index (κ3) is 5.98. The van der Waals surface area contributed by atoms with Crippen molar-refractivity contribution in [3.63, 3.8) is 0 Å². The standard InChI is InChI=1S/C27H38N4O3S/c1-19-9-13-30(14-10-19)26-8-7-24(35(33,34)31-15-11-20(2)12-16-31)18-25(26)29-27(32)28-23-6-5-21(3)22(4)17-23/h5-8,17-20H,9-16H2,1-4H3,(H2,28,29,32). The Balaban J connectivity index is 1.61. The second-order valence-corrected chi connectivity index (χ2v) is 12.3. The number of hydrogen-bond donors (Lipinski definition) is 2. The number of aryl methyl sites for hydroxylation is 2. The SMILES string of the molecule is Cc1ccc(NC(=O)Nc2cc(S(=O)(=O)N3CCC(C)CC3)ccc2N2CCC(C)CC2)cc1C. The van der Waals surface area contributed by atoms with Crippen molar-refractivity contribution in [1.82, 2.24) is 4.31 Å². The van der Waals surface area contributed by atoms with Crippen LogP contribution in [0.3, 0.4) is 0 Å². The van der Waals surface area contributed by atoms with Gasteiger partial charge in [-0.3, -0.25) is 0 Å². The van der Waals surface area contributed by atoms with Crippen LogP contribution < -0.4 is 15.5 Å². The van der Waals surface area contributed by atoms with Crippen molar-refractivity contribution in [2.24, 2.45) is 11.8 Å². The molecule has 0 radical (unpaired) electrons. The van der Waals surface area contributed by atoms with E-state index in [0.717, 1.165) is 55.6 Å². The molecule has 0 aliphatic carbocycles. The van der Waals surface area contributed by atoms with Gasteiger partial charge in [0.25, 0.3) is 0 Å². The van der Waals surface area contributed by atoms with Crippen molar-refractivity contribution in [1.29, 1.82) is 0 Å². The number of sulfonamides is 1. The number of carbonyl (C=O) groups is 1. The second kappa shape index (κ2) is 10.6. The Morgan fingerprint density at radius 3 is 2.09 bits per heavy atom. The highest BCUT2D eigenvalue weighted by Gasteiger charge is 2.29. The Morgan fingerprint density at radius 1 is 0.829 bits per heavy atom. The summed E-state index contributed by atoms with van der Waals surface area (Å²) in [4.78, 5) is 15.4. The number of rotatable bonds is 5. The number of hydrogen-bond acceptors (Lipinski definition) is 4. The van der Waals surface area contributed by atoms with Crippen LogP contribution in [0.5, 0.6) is 0 Å². The molecule has 2 amide bonds. The maximum atomic E-state index is 13.4. The summed E-state index contributed by atoms with van der Waals surface area (Å²) in [7, 11) is -3.63. The van der Waals surface area contributed by atoms with Crippen molar-refractivity contribution in [2.75, 3.05) is 41.7 Å². The van der Waals surface area contributed by atoms with E-state index in [2.05, 4.69) is 29.4 Å². The summed E-state index contributed by atoms with van der Waals surface area (Å²) < 4.78 is 28.4. The molecular weight excluding hydrogens is 460 g/mol. The van der Waals surface area contributed by atoms with Crippen LogP contribution in [-0.4, -0.2) is 44.9 Å². The molecule has 2 aromatic carbocycles. The Morgan fingerprint density at radius 2 is 1.46 bits per heavy atom. The van der Waals surface area contributed by atoms with Crippen LogP contribution in [0.1, 0.15) is 50.7 Å². The average molecular weight is 499 g/mol. The fraction of sp³-hybridized carbons (Fsp3) is 0.519. The quantitative estimate of drug-likeness (QED) is 0.562. The molecule has 2 N–H and O–H groups in total. The van der Waals surface area contributed by atoms with Gasteiger partial charge in [0.05, 0.1) is 16.3 Å². The molecule has 7 nitrogen and oxygen atoms in total. The van der Waals surface area contributed by atoms with Gasteiger partial charge in [-0.1, -0.05) is 19.9 Å². The van der Waals surface area contributed by atoms with E-state index in [9.17, 15) is 13.2 Å². The first-order valence-electron chi connectivity index (χ1n) is 12.7. The number of urea groups is 1. The summed E-state index contributed by atoms with van der Waals surface area (Å²) in [5, 5.41) is 5.84. The largest absolute Gasteiger partial charge is 0.370 e. The highest BCUT2D eigenvalue weighted by atomic mass is 32.2. The van der Waals surface area contributed by atoms with Crippen molar-refractivity contribution in [3.8, 4) is 0 Å². The van der Waals surface area contributed by atoms with Gasteiger partial charge in [0.15, 0.2) is 0 Å². The van der Waals surface area contributed by atoms with Crippen LogP contribution >= 0.6 is 0 Å². The van der Waals surface area contributed by atoms with Gasteiger partial charge in [0.1, 0.15) is 0 Å². The minimum absolute atomic E-state index is 0.225. The molecule has 2 saturated heterocycles. The lowest BCUT2D eigenvalue weighted by atomic mass is 9.98. The van der Waals surface area contributed by atoms with E-state index in [1.54, 1.807) is 16.4 Å². The molecule has 0 atom stereocenters. The molecule has 2 aromatic rings. The minimum Gasteiger partial charge on any atom is -0.370 e. The summed E-state index contributed by atoms with van der Waals surface area (Å²) in [6, 6.07) is 10.5. The van der Waals surface area contributed by atoms with Gasteiger partial charge in [-0.15, -0.1) is 0 Å². The van der Waals surface area contributed by atoms with Gasteiger partial charge in [0, 0.05) is 31.9 Å². The summed E-state index contributed by atoms with van der Waals surface area (Å²) in [5.41, 5.74) is 4.33. The number of benzene rings is 2. The van der Waals surface area contributed by atoms with Crippen molar-refractivity contribution in [2.45, 2.75) is 58.3 Å². The Kier molecular flexibility index (Phi) is 7.71. The lowest BCUT2D eigenvalue weighted by Gasteiger charge is -2.34. The molecular formula is C27H38N4O3S. The summed E-state index contributed by atoms with van der Waals surface area (Å²) in [6.45, 7) is 11.3. The van der Waals surface area contributed by atoms with Gasteiger partial charge >= 0.3 is 6.03 Å². The van der Waals surface area contributed by atoms with Crippen molar-refractivity contribution < 1.29 is 13.2 Å². The number of nitrogens with zero attached hydrogens (tertiary/aromatic N) is 2. The minimum atomic E-state index is -3.63. The fourth-order valence-electron chi connectivity index (χ4n) is 4.78. The third-order valence-electron chi connectivity index (χ3n) is 7.49. The molecule has 2 heterocycles. The predicted molar refractivity (Wildman–Crippen MR) is 143 cm³/mol. The zero-order chi connectivity index (χ0) is 25.2. The Labute approximate surface area is 209 Å². The average Bonchev–Trinajstić information content (AvgIpc) is 2.82. The summed E-state index contributed by atoms with van der Waals surface area (Å²) in [5.74, 6) is 1.20. The maximum Gasteiger partial charge on any atom is 0.323 e. The predicted octanol–water partition coefficient (Wildman–Crippen LogP) is 5.60. The van der Waals surface area contributed by atoms with Crippen LogP contribution in [0.15, 0.2) is 41.3 Å². The molecule has 4 rings (SSSR count). The third-order valence-corrected chi connectivity index (χ3v) is 9.38.